The van der Waals surface area contributed by atoms with Gasteiger partial charge in [-0.05, 0) is 19.8 Å². The highest BCUT2D eigenvalue weighted by atomic mass is 35.5. The maximum Gasteiger partial charge on any atom is 0.509 e. The van der Waals surface area contributed by atoms with Crippen molar-refractivity contribution in [1.29, 1.82) is 0 Å². The van der Waals surface area contributed by atoms with Gasteiger partial charge in [0, 0.05) is 43.9 Å². The van der Waals surface area contributed by atoms with Gasteiger partial charge < -0.3 is 19.7 Å². The molecule has 0 fully saturated rings. The fourth-order valence-electron chi connectivity index (χ4n) is 1.95. The van der Waals surface area contributed by atoms with E-state index in [1.54, 1.807) is 0 Å². The number of carbonyl (C=O) groups is 3. The fourth-order valence-corrected chi connectivity index (χ4v) is 2.02. The van der Waals surface area contributed by atoms with Crippen molar-refractivity contribution in [1.82, 2.24) is 0 Å². The summed E-state index contributed by atoms with van der Waals surface area (Å²) in [7, 11) is 0. The summed E-state index contributed by atoms with van der Waals surface area (Å²) in [5.74, 6) is 10.1. The Kier molecular flexibility index (Phi) is 13.4. The molecule has 0 aromatic heterocycles. The second-order valence-corrected chi connectivity index (χ2v) is 7.18. The second-order valence-electron chi connectivity index (χ2n) is 6.57. The number of unbranched alkanes of at least 4 members (excludes halogenated alkanes) is 2. The average molecular weight is 415 g/mol. The van der Waals surface area contributed by atoms with Crippen LogP contribution in [0.5, 0.6) is 0 Å². The van der Waals surface area contributed by atoms with Crippen LogP contribution in [0.4, 0.5) is 4.79 Å². The van der Waals surface area contributed by atoms with E-state index in [1.807, 2.05) is 6.92 Å². The molecule has 0 saturated carbocycles. The van der Waals surface area contributed by atoms with Gasteiger partial charge in [-0.2, -0.15) is 0 Å². The average Bonchev–Trinajstić information content (AvgIpc) is 2.58. The highest BCUT2D eigenvalue weighted by molar-refractivity contribution is 6.19. The van der Waals surface area contributed by atoms with Crippen LogP contribution in [0.3, 0.4) is 0 Å². The van der Waals surface area contributed by atoms with Crippen LogP contribution in [-0.4, -0.2) is 40.5 Å². The standard InChI is InChI=1S/C20H27ClO7/c1-16(21)28-19(26)27-15-20(2,13-9-5-3-7-11-17(22)23)14-10-6-4-8-12-18(24)25/h16H,3-4,7-8,11-15H2,1-2H3,(H,22,23)(H,24,25). The van der Waals surface area contributed by atoms with E-state index < -0.39 is 29.1 Å². The second kappa shape index (κ2) is 14.6. The fraction of sp³-hybridized carbons (Fsp3) is 0.650. The van der Waals surface area contributed by atoms with E-state index in [0.717, 1.165) is 0 Å². The normalized spacial score (nSPS) is 11.2. The molecule has 0 aromatic rings. The Labute approximate surface area is 170 Å². The van der Waals surface area contributed by atoms with Crippen LogP contribution in [0.25, 0.3) is 0 Å². The number of carboxylic acids is 2. The van der Waals surface area contributed by atoms with E-state index in [9.17, 15) is 14.4 Å². The van der Waals surface area contributed by atoms with Gasteiger partial charge in [0.1, 0.15) is 6.61 Å². The van der Waals surface area contributed by atoms with Crippen molar-refractivity contribution in [2.24, 2.45) is 5.41 Å². The van der Waals surface area contributed by atoms with E-state index >= 15 is 0 Å². The molecule has 0 aliphatic heterocycles. The Morgan fingerprint density at radius 1 is 0.964 bits per heavy atom. The van der Waals surface area contributed by atoms with Crippen molar-refractivity contribution in [2.45, 2.75) is 70.8 Å². The van der Waals surface area contributed by atoms with Gasteiger partial charge in [-0.1, -0.05) is 18.5 Å². The molecule has 0 amide bonds. The van der Waals surface area contributed by atoms with E-state index in [1.165, 1.54) is 6.92 Å². The van der Waals surface area contributed by atoms with Crippen LogP contribution < -0.4 is 0 Å². The summed E-state index contributed by atoms with van der Waals surface area (Å²) >= 11 is 5.58. The third kappa shape index (κ3) is 15.8. The first-order valence-electron chi connectivity index (χ1n) is 8.97. The Balaban J connectivity index is 4.69. The van der Waals surface area contributed by atoms with Crippen LogP contribution in [-0.2, 0) is 19.1 Å². The van der Waals surface area contributed by atoms with E-state index in [-0.39, 0.29) is 19.4 Å². The topological polar surface area (TPSA) is 110 Å². The minimum Gasteiger partial charge on any atom is -0.481 e. The zero-order chi connectivity index (χ0) is 21.4. The number of ether oxygens (including phenoxy) is 2. The monoisotopic (exact) mass is 414 g/mol. The maximum atomic E-state index is 11.5. The highest BCUT2D eigenvalue weighted by Gasteiger charge is 2.25. The maximum absolute atomic E-state index is 11.5. The minimum absolute atomic E-state index is 0.0308. The molecule has 8 heteroatoms. The molecule has 156 valence electrons. The van der Waals surface area contributed by atoms with Crippen LogP contribution >= 0.6 is 11.6 Å². The molecule has 1 unspecified atom stereocenters. The summed E-state index contributed by atoms with van der Waals surface area (Å²) in [4.78, 5) is 32.5. The van der Waals surface area contributed by atoms with Crippen LogP contribution in [0.15, 0.2) is 0 Å². The number of hydrogen-bond acceptors (Lipinski definition) is 5. The summed E-state index contributed by atoms with van der Waals surface area (Å²) in [6, 6.07) is 0. The molecule has 0 saturated heterocycles. The summed E-state index contributed by atoms with van der Waals surface area (Å²) in [6.45, 7) is 3.39. The number of alkyl halides is 1. The smallest absolute Gasteiger partial charge is 0.481 e. The number of halogens is 1. The number of rotatable bonds is 11. The largest absolute Gasteiger partial charge is 0.509 e. The lowest BCUT2D eigenvalue weighted by Gasteiger charge is -2.24. The van der Waals surface area contributed by atoms with Crippen molar-refractivity contribution in [2.75, 3.05) is 6.61 Å². The lowest BCUT2D eigenvalue weighted by molar-refractivity contribution is -0.138. The number of hydrogen-bond donors (Lipinski definition) is 2. The van der Waals surface area contributed by atoms with Crippen molar-refractivity contribution in [3.63, 3.8) is 0 Å². The highest BCUT2D eigenvalue weighted by Crippen LogP contribution is 2.26. The molecule has 28 heavy (non-hydrogen) atoms. The quantitative estimate of drug-likeness (QED) is 0.227. The summed E-state index contributed by atoms with van der Waals surface area (Å²) in [6.07, 6.45) is 1.93. The van der Waals surface area contributed by atoms with E-state index in [0.29, 0.717) is 38.5 Å². The third-order valence-electron chi connectivity index (χ3n) is 3.46. The Morgan fingerprint density at radius 3 is 1.82 bits per heavy atom. The van der Waals surface area contributed by atoms with E-state index in [2.05, 4.69) is 23.7 Å². The molecule has 0 heterocycles. The molecule has 2 N–H and O–H groups in total. The summed E-state index contributed by atoms with van der Waals surface area (Å²) < 4.78 is 9.83. The Hall–Kier alpha value is -2.38. The van der Waals surface area contributed by atoms with Crippen LogP contribution in [0, 0.1) is 29.1 Å². The minimum atomic E-state index is -0.877. The van der Waals surface area contributed by atoms with Gasteiger partial charge in [0.2, 0.25) is 0 Å². The molecular weight excluding hydrogens is 388 g/mol. The van der Waals surface area contributed by atoms with Gasteiger partial charge in [-0.3, -0.25) is 9.59 Å². The Morgan fingerprint density at radius 2 is 1.43 bits per heavy atom. The molecule has 0 radical (unpaired) electrons. The van der Waals surface area contributed by atoms with Gasteiger partial charge in [-0.25, -0.2) is 4.79 Å². The first-order valence-corrected chi connectivity index (χ1v) is 9.41. The molecule has 0 bridgehead atoms. The van der Waals surface area contributed by atoms with Crippen LogP contribution in [0.1, 0.15) is 65.2 Å². The zero-order valence-electron chi connectivity index (χ0n) is 16.3. The lowest BCUT2D eigenvalue weighted by Crippen LogP contribution is -2.25. The first kappa shape index (κ1) is 25.6. The van der Waals surface area contributed by atoms with Crippen molar-refractivity contribution in [3.05, 3.63) is 0 Å². The Bertz CT molecular complexity index is 594. The first-order chi connectivity index (χ1) is 13.1. The van der Waals surface area contributed by atoms with Gasteiger partial charge in [0.05, 0.1) is 0 Å². The molecule has 0 aliphatic rings. The zero-order valence-corrected chi connectivity index (χ0v) is 17.0. The van der Waals surface area contributed by atoms with Crippen molar-refractivity contribution in [3.8, 4) is 23.7 Å². The molecule has 7 nitrogen and oxygen atoms in total. The van der Waals surface area contributed by atoms with Gasteiger partial charge in [-0.15, -0.1) is 23.7 Å². The third-order valence-corrected chi connectivity index (χ3v) is 3.55. The molecule has 0 spiro atoms. The SMILES string of the molecule is CC(Cl)OC(=O)OCC(C)(CC#CCCCC(=O)O)CC#CCCCC(=O)O. The molecule has 0 aliphatic carbocycles. The molecule has 0 aromatic carbocycles. The van der Waals surface area contributed by atoms with Gasteiger partial charge in [0.25, 0.3) is 0 Å². The number of aliphatic carboxylic acids is 2. The van der Waals surface area contributed by atoms with Gasteiger partial charge >= 0.3 is 18.1 Å². The number of carboxylic acid groups (broad SMARTS) is 2. The molecule has 1 atom stereocenters. The van der Waals surface area contributed by atoms with E-state index in [4.69, 9.17) is 31.3 Å². The van der Waals surface area contributed by atoms with Crippen LogP contribution in [0.2, 0.25) is 0 Å². The predicted molar refractivity (Wildman–Crippen MR) is 104 cm³/mol. The lowest BCUT2D eigenvalue weighted by atomic mass is 9.84. The molecular formula is C20H27ClO7. The molecule has 0 rings (SSSR count). The summed E-state index contributed by atoms with van der Waals surface area (Å²) in [5, 5.41) is 17.2. The predicted octanol–water partition coefficient (Wildman–Crippen LogP) is 4.03. The van der Waals surface area contributed by atoms with Gasteiger partial charge in [0.15, 0.2) is 5.56 Å². The van der Waals surface area contributed by atoms with Crippen molar-refractivity contribution < 1.29 is 34.1 Å². The van der Waals surface area contributed by atoms with Crippen molar-refractivity contribution >= 4 is 29.7 Å². The summed E-state index contributed by atoms with van der Waals surface area (Å²) in [5.41, 5.74) is -1.35. The number of carbonyl (C=O) groups excluding carboxylic acids is 1.